The number of nitrogens with zero attached hydrogens (tertiary/aromatic N) is 6. The van der Waals surface area contributed by atoms with Crippen LogP contribution >= 0.6 is 11.3 Å². The van der Waals surface area contributed by atoms with E-state index in [2.05, 4.69) is 18.0 Å². The minimum absolute atomic E-state index is 0.00495. The number of carbonyl (C=O) groups excluding carboxylic acids is 1. The fraction of sp³-hybridized carbons (Fsp3) is 0.312. The van der Waals surface area contributed by atoms with Gasteiger partial charge in [0.25, 0.3) is 5.56 Å². The highest BCUT2D eigenvalue weighted by Crippen LogP contribution is 2.32. The van der Waals surface area contributed by atoms with Crippen LogP contribution < -0.4 is 10.5 Å². The van der Waals surface area contributed by atoms with E-state index in [1.54, 1.807) is 23.3 Å². The first-order valence-electron chi connectivity index (χ1n) is 14.4. The van der Waals surface area contributed by atoms with Gasteiger partial charge in [-0.3, -0.25) is 14.0 Å². The third-order valence-corrected chi connectivity index (χ3v) is 8.94. The van der Waals surface area contributed by atoms with E-state index in [1.165, 1.54) is 21.8 Å². The van der Waals surface area contributed by atoms with Crippen LogP contribution in [0.25, 0.3) is 21.9 Å². The predicted molar refractivity (Wildman–Crippen MR) is 165 cm³/mol. The van der Waals surface area contributed by atoms with E-state index in [4.69, 9.17) is 5.10 Å². The summed E-state index contributed by atoms with van der Waals surface area (Å²) in [4.78, 5) is 36.0. The number of rotatable bonds is 6. The Bertz CT molecular complexity index is 1920. The molecule has 12 heteroatoms. The Hall–Kier alpha value is -4.45. The molecule has 2 aromatic carbocycles. The maximum absolute atomic E-state index is 13.9. The van der Waals surface area contributed by atoms with Gasteiger partial charge in [-0.2, -0.15) is 18.3 Å². The number of halogens is 3. The molecular weight excluding hydrogens is 589 g/mol. The lowest BCUT2D eigenvalue weighted by Gasteiger charge is -2.36. The highest BCUT2D eigenvalue weighted by Gasteiger charge is 2.31. The Morgan fingerprint density at radius 1 is 1.00 bits per heavy atom. The molecule has 4 heterocycles. The largest absolute Gasteiger partial charge is 0.416 e. The van der Waals surface area contributed by atoms with Crippen molar-refractivity contribution in [2.75, 3.05) is 31.1 Å². The maximum atomic E-state index is 13.9. The van der Waals surface area contributed by atoms with Crippen LogP contribution in [0.5, 0.6) is 0 Å². The minimum atomic E-state index is -4.41. The number of hydrogen-bond donors (Lipinski definition) is 0. The monoisotopic (exact) mass is 620 g/mol. The molecular formula is C32H31F3N6O2S. The Morgan fingerprint density at radius 3 is 2.48 bits per heavy atom. The van der Waals surface area contributed by atoms with E-state index in [1.807, 2.05) is 40.8 Å². The maximum Gasteiger partial charge on any atom is 0.416 e. The number of amides is 1. The smallest absolute Gasteiger partial charge is 0.368 e. The topological polar surface area (TPSA) is 75.7 Å². The Balaban J connectivity index is 1.23. The number of aryl methyl sites for hydroxylation is 3. The van der Waals surface area contributed by atoms with Crippen molar-refractivity contribution in [3.63, 3.8) is 0 Å². The zero-order chi connectivity index (χ0) is 31.2. The van der Waals surface area contributed by atoms with Crippen molar-refractivity contribution in [3.8, 4) is 16.9 Å². The van der Waals surface area contributed by atoms with Gasteiger partial charge in [0.1, 0.15) is 5.69 Å². The number of alkyl halides is 3. The first-order chi connectivity index (χ1) is 21.0. The zero-order valence-electron chi connectivity index (χ0n) is 24.6. The molecule has 0 N–H and O–H groups in total. The molecule has 5 aromatic rings. The molecule has 1 aliphatic rings. The molecule has 44 heavy (non-hydrogen) atoms. The third kappa shape index (κ3) is 5.49. The molecule has 0 aliphatic carbocycles. The van der Waals surface area contributed by atoms with Gasteiger partial charge in [0.15, 0.2) is 4.96 Å². The molecule has 0 bridgehead atoms. The Morgan fingerprint density at radius 2 is 1.75 bits per heavy atom. The third-order valence-electron chi connectivity index (χ3n) is 8.07. The normalized spacial score (nSPS) is 14.0. The molecule has 6 rings (SSSR count). The molecule has 3 aromatic heterocycles. The molecule has 228 valence electrons. The van der Waals surface area contributed by atoms with E-state index < -0.39 is 11.7 Å². The summed E-state index contributed by atoms with van der Waals surface area (Å²) in [5.41, 5.74) is 4.50. The second-order valence-electron chi connectivity index (χ2n) is 10.9. The fourth-order valence-electron chi connectivity index (χ4n) is 5.74. The first-order valence-corrected chi connectivity index (χ1v) is 15.3. The number of para-hydroxylation sites is 1. The number of benzene rings is 2. The summed E-state index contributed by atoms with van der Waals surface area (Å²) in [6, 6.07) is 15.1. The van der Waals surface area contributed by atoms with Gasteiger partial charge in [-0.05, 0) is 56.2 Å². The summed E-state index contributed by atoms with van der Waals surface area (Å²) in [5.74, 6) is -0.154. The number of hydrogen-bond acceptors (Lipinski definition) is 6. The Labute approximate surface area is 256 Å². The molecule has 0 spiro atoms. The second kappa shape index (κ2) is 11.6. The molecule has 1 saturated heterocycles. The number of thiazole rings is 1. The lowest BCUT2D eigenvalue weighted by atomic mass is 10.1. The van der Waals surface area contributed by atoms with Crippen molar-refractivity contribution in [2.45, 2.75) is 39.8 Å². The van der Waals surface area contributed by atoms with Crippen molar-refractivity contribution in [1.82, 2.24) is 24.1 Å². The van der Waals surface area contributed by atoms with Crippen LogP contribution in [-0.4, -0.2) is 56.2 Å². The van der Waals surface area contributed by atoms with Crippen LogP contribution in [0.1, 0.15) is 35.1 Å². The van der Waals surface area contributed by atoms with Crippen molar-refractivity contribution in [1.29, 1.82) is 0 Å². The SMILES string of the molecule is CCc1ccccc1-n1nc(-c2c(C)nc3scc(CC(=O)N4CCN(c5cccc(C(F)(F)F)c5)CC4)n3c2=O)cc1C. The van der Waals surface area contributed by atoms with Crippen LogP contribution in [0.2, 0.25) is 0 Å². The standard InChI is InChI=1S/C32H31F3N6O2S/c1-4-22-8-5-6-11-27(22)41-20(2)16-26(37-41)29-21(3)36-31-40(30(29)43)25(19-44-31)18-28(42)39-14-12-38(13-15-39)24-10-7-9-23(17-24)32(33,34)35/h5-11,16-17,19H,4,12-15,18H2,1-3H3. The van der Waals surface area contributed by atoms with Gasteiger partial charge in [-0.15, -0.1) is 11.3 Å². The fourth-order valence-corrected chi connectivity index (χ4v) is 6.67. The van der Waals surface area contributed by atoms with Gasteiger partial charge < -0.3 is 9.80 Å². The lowest BCUT2D eigenvalue weighted by Crippen LogP contribution is -2.49. The summed E-state index contributed by atoms with van der Waals surface area (Å²) in [7, 11) is 0. The van der Waals surface area contributed by atoms with E-state index in [9.17, 15) is 22.8 Å². The average Bonchev–Trinajstić information content (AvgIpc) is 3.59. The van der Waals surface area contributed by atoms with Crippen LogP contribution in [0.15, 0.2) is 64.8 Å². The second-order valence-corrected chi connectivity index (χ2v) is 11.7. The minimum Gasteiger partial charge on any atom is -0.368 e. The summed E-state index contributed by atoms with van der Waals surface area (Å²) in [6.45, 7) is 7.37. The molecule has 0 saturated carbocycles. The van der Waals surface area contributed by atoms with Crippen LogP contribution in [0, 0.1) is 13.8 Å². The van der Waals surface area contributed by atoms with Gasteiger partial charge in [-0.25, -0.2) is 9.67 Å². The van der Waals surface area contributed by atoms with Crippen molar-refractivity contribution < 1.29 is 18.0 Å². The van der Waals surface area contributed by atoms with Crippen molar-refractivity contribution >= 4 is 27.9 Å². The summed E-state index contributed by atoms with van der Waals surface area (Å²) in [6.07, 6.45) is -3.57. The van der Waals surface area contributed by atoms with Crippen LogP contribution in [0.3, 0.4) is 0 Å². The van der Waals surface area contributed by atoms with Crippen molar-refractivity contribution in [3.05, 3.63) is 98.5 Å². The molecule has 1 aliphatic heterocycles. The highest BCUT2D eigenvalue weighted by atomic mass is 32.1. The predicted octanol–water partition coefficient (Wildman–Crippen LogP) is 5.70. The lowest BCUT2D eigenvalue weighted by molar-refractivity contribution is -0.137. The molecule has 0 unspecified atom stereocenters. The van der Waals surface area contributed by atoms with E-state index in [0.717, 1.165) is 35.5 Å². The number of fused-ring (bicyclic) bond motifs is 1. The van der Waals surface area contributed by atoms with Gasteiger partial charge >= 0.3 is 6.18 Å². The number of piperazine rings is 1. The number of carbonyl (C=O) groups is 1. The highest BCUT2D eigenvalue weighted by molar-refractivity contribution is 7.15. The molecule has 0 atom stereocenters. The first kappa shape index (κ1) is 29.6. The average molecular weight is 621 g/mol. The van der Waals surface area contributed by atoms with E-state index >= 15 is 0 Å². The zero-order valence-corrected chi connectivity index (χ0v) is 25.4. The molecule has 1 fully saturated rings. The molecule has 8 nitrogen and oxygen atoms in total. The van der Waals surface area contributed by atoms with E-state index in [-0.39, 0.29) is 17.9 Å². The van der Waals surface area contributed by atoms with Crippen LogP contribution in [-0.2, 0) is 23.8 Å². The molecule has 0 radical (unpaired) electrons. The van der Waals surface area contributed by atoms with Gasteiger partial charge in [0, 0.05) is 48.6 Å². The van der Waals surface area contributed by atoms with E-state index in [0.29, 0.717) is 59.5 Å². The molecule has 1 amide bonds. The Kier molecular flexibility index (Phi) is 7.79. The number of aromatic nitrogens is 4. The summed E-state index contributed by atoms with van der Waals surface area (Å²) >= 11 is 1.30. The van der Waals surface area contributed by atoms with Crippen LogP contribution in [0.4, 0.5) is 18.9 Å². The van der Waals surface area contributed by atoms with Gasteiger partial charge in [0.2, 0.25) is 5.91 Å². The summed E-state index contributed by atoms with van der Waals surface area (Å²) < 4.78 is 42.9. The van der Waals surface area contributed by atoms with Crippen molar-refractivity contribution in [2.24, 2.45) is 0 Å². The van der Waals surface area contributed by atoms with Gasteiger partial charge in [0.05, 0.1) is 28.9 Å². The quantitative estimate of drug-likeness (QED) is 0.244. The summed E-state index contributed by atoms with van der Waals surface area (Å²) in [5, 5.41) is 6.59. The number of anilines is 1. The van der Waals surface area contributed by atoms with Gasteiger partial charge in [-0.1, -0.05) is 31.2 Å².